The van der Waals surface area contributed by atoms with Crippen LogP contribution in [0.3, 0.4) is 0 Å². The number of fused-ring (bicyclic) bond motifs is 1. The number of hydrogen-bond donors (Lipinski definition) is 2. The molecule has 0 saturated heterocycles. The first kappa shape index (κ1) is 13.1. The molecule has 2 aromatic rings. The number of carbonyl (C=O) groups is 1. The SMILES string of the molecule is CCc1nc2ccccc2n1CC(N)(C(=O)O)C1CC1. The van der Waals surface area contributed by atoms with Crippen molar-refractivity contribution < 1.29 is 9.90 Å². The van der Waals surface area contributed by atoms with Crippen molar-refractivity contribution in [2.75, 3.05) is 0 Å². The topological polar surface area (TPSA) is 81.1 Å². The highest BCUT2D eigenvalue weighted by Crippen LogP contribution is 2.40. The van der Waals surface area contributed by atoms with Crippen LogP contribution in [0.25, 0.3) is 11.0 Å². The van der Waals surface area contributed by atoms with Gasteiger partial charge in [-0.2, -0.15) is 0 Å². The minimum absolute atomic E-state index is 0.0749. The van der Waals surface area contributed by atoms with E-state index in [1.54, 1.807) is 0 Å². The number of nitrogens with two attached hydrogens (primary N) is 1. The minimum atomic E-state index is -1.19. The Morgan fingerprint density at radius 3 is 2.80 bits per heavy atom. The van der Waals surface area contributed by atoms with E-state index in [4.69, 9.17) is 5.73 Å². The number of aryl methyl sites for hydroxylation is 1. The number of carboxylic acids is 1. The summed E-state index contributed by atoms with van der Waals surface area (Å²) >= 11 is 0. The van der Waals surface area contributed by atoms with Gasteiger partial charge in [-0.05, 0) is 30.9 Å². The molecule has 0 spiro atoms. The Labute approximate surface area is 117 Å². The molecule has 0 amide bonds. The first-order chi connectivity index (χ1) is 9.56. The van der Waals surface area contributed by atoms with Crippen LogP contribution >= 0.6 is 0 Å². The van der Waals surface area contributed by atoms with E-state index in [0.717, 1.165) is 36.1 Å². The fourth-order valence-electron chi connectivity index (χ4n) is 2.80. The van der Waals surface area contributed by atoms with Crippen LogP contribution in [0.1, 0.15) is 25.6 Å². The summed E-state index contributed by atoms with van der Waals surface area (Å²) in [5.41, 5.74) is 6.87. The van der Waals surface area contributed by atoms with E-state index in [-0.39, 0.29) is 12.5 Å². The summed E-state index contributed by atoms with van der Waals surface area (Å²) in [7, 11) is 0. The Kier molecular flexibility index (Phi) is 3.01. The van der Waals surface area contributed by atoms with Crippen LogP contribution in [0, 0.1) is 5.92 Å². The largest absolute Gasteiger partial charge is 0.480 e. The lowest BCUT2D eigenvalue weighted by Gasteiger charge is -2.26. The zero-order valence-corrected chi connectivity index (χ0v) is 11.5. The zero-order chi connectivity index (χ0) is 14.3. The first-order valence-corrected chi connectivity index (χ1v) is 7.02. The first-order valence-electron chi connectivity index (χ1n) is 7.02. The fourth-order valence-corrected chi connectivity index (χ4v) is 2.80. The molecule has 1 saturated carbocycles. The van der Waals surface area contributed by atoms with E-state index >= 15 is 0 Å². The number of imidazole rings is 1. The summed E-state index contributed by atoms with van der Waals surface area (Å²) < 4.78 is 1.97. The predicted octanol–water partition coefficient (Wildman–Crippen LogP) is 1.79. The number of benzene rings is 1. The molecule has 3 N–H and O–H groups in total. The van der Waals surface area contributed by atoms with Crippen LogP contribution in [-0.4, -0.2) is 26.2 Å². The molecule has 1 heterocycles. The van der Waals surface area contributed by atoms with Crippen molar-refractivity contribution in [3.8, 4) is 0 Å². The molecule has 1 fully saturated rings. The minimum Gasteiger partial charge on any atom is -0.480 e. The molecule has 0 bridgehead atoms. The van der Waals surface area contributed by atoms with Gasteiger partial charge in [-0.3, -0.25) is 4.79 Å². The number of hydrogen-bond acceptors (Lipinski definition) is 3. The molecule has 1 aliphatic rings. The normalized spacial score (nSPS) is 18.1. The number of rotatable bonds is 5. The van der Waals surface area contributed by atoms with Gasteiger partial charge in [0.25, 0.3) is 0 Å². The van der Waals surface area contributed by atoms with Crippen LogP contribution in [0.15, 0.2) is 24.3 Å². The Morgan fingerprint density at radius 2 is 2.20 bits per heavy atom. The average molecular weight is 273 g/mol. The lowest BCUT2D eigenvalue weighted by Crippen LogP contribution is -2.53. The maximum Gasteiger partial charge on any atom is 0.325 e. The third kappa shape index (κ3) is 1.98. The molecule has 5 nitrogen and oxygen atoms in total. The molecule has 1 atom stereocenters. The van der Waals surface area contributed by atoms with E-state index in [1.807, 2.05) is 35.8 Å². The van der Waals surface area contributed by atoms with Gasteiger partial charge >= 0.3 is 5.97 Å². The van der Waals surface area contributed by atoms with Gasteiger partial charge in [-0.1, -0.05) is 19.1 Å². The highest BCUT2D eigenvalue weighted by atomic mass is 16.4. The quantitative estimate of drug-likeness (QED) is 0.870. The van der Waals surface area contributed by atoms with Crippen molar-refractivity contribution >= 4 is 17.0 Å². The number of carboxylic acid groups (broad SMARTS) is 1. The second-order valence-electron chi connectivity index (χ2n) is 5.58. The van der Waals surface area contributed by atoms with E-state index < -0.39 is 11.5 Å². The molecule has 0 aliphatic heterocycles. The predicted molar refractivity (Wildman–Crippen MR) is 76.4 cm³/mol. The van der Waals surface area contributed by atoms with Gasteiger partial charge in [-0.25, -0.2) is 4.98 Å². The van der Waals surface area contributed by atoms with Crippen LogP contribution < -0.4 is 5.73 Å². The van der Waals surface area contributed by atoms with E-state index in [1.165, 1.54) is 0 Å². The summed E-state index contributed by atoms with van der Waals surface area (Å²) in [4.78, 5) is 16.2. The third-order valence-electron chi connectivity index (χ3n) is 4.17. The monoisotopic (exact) mass is 273 g/mol. The molecule has 1 aromatic heterocycles. The van der Waals surface area contributed by atoms with Crippen LogP contribution in [-0.2, 0) is 17.8 Å². The van der Waals surface area contributed by atoms with Crippen LogP contribution in [0.2, 0.25) is 0 Å². The van der Waals surface area contributed by atoms with Gasteiger partial charge in [0.1, 0.15) is 11.4 Å². The standard InChI is InChI=1S/C15H19N3O2/c1-2-13-17-11-5-3-4-6-12(11)18(13)9-15(16,14(19)20)10-7-8-10/h3-6,10H,2,7-9,16H2,1H3,(H,19,20). The molecule has 3 rings (SSSR count). The van der Waals surface area contributed by atoms with E-state index in [9.17, 15) is 9.90 Å². The average Bonchev–Trinajstić information content (AvgIpc) is 3.23. The summed E-state index contributed by atoms with van der Waals surface area (Å²) in [6.07, 6.45) is 2.56. The molecular formula is C15H19N3O2. The zero-order valence-electron chi connectivity index (χ0n) is 11.5. The van der Waals surface area contributed by atoms with Crippen molar-refractivity contribution in [1.29, 1.82) is 0 Å². The number of aromatic nitrogens is 2. The number of para-hydroxylation sites is 2. The fraction of sp³-hybridized carbons (Fsp3) is 0.467. The Hall–Kier alpha value is -1.88. The van der Waals surface area contributed by atoms with Gasteiger partial charge < -0.3 is 15.4 Å². The molecule has 5 heteroatoms. The highest BCUT2D eigenvalue weighted by molar-refractivity contribution is 5.81. The summed E-state index contributed by atoms with van der Waals surface area (Å²) in [5, 5.41) is 9.52. The molecule has 1 unspecified atom stereocenters. The number of nitrogens with zero attached hydrogens (tertiary/aromatic N) is 2. The molecule has 106 valence electrons. The maximum absolute atomic E-state index is 11.6. The van der Waals surface area contributed by atoms with Gasteiger partial charge in [0, 0.05) is 6.42 Å². The van der Waals surface area contributed by atoms with Crippen molar-refractivity contribution in [3.05, 3.63) is 30.1 Å². The summed E-state index contributed by atoms with van der Waals surface area (Å²) in [6, 6.07) is 7.79. The van der Waals surface area contributed by atoms with Crippen LogP contribution in [0.4, 0.5) is 0 Å². The second kappa shape index (κ2) is 4.59. The molecule has 20 heavy (non-hydrogen) atoms. The third-order valence-corrected chi connectivity index (χ3v) is 4.17. The highest BCUT2D eigenvalue weighted by Gasteiger charge is 2.48. The van der Waals surface area contributed by atoms with E-state index in [0.29, 0.717) is 0 Å². The van der Waals surface area contributed by atoms with Gasteiger partial charge in [0.05, 0.1) is 17.6 Å². The summed E-state index contributed by atoms with van der Waals surface area (Å²) in [5.74, 6) is 0.0497. The summed E-state index contributed by atoms with van der Waals surface area (Å²) in [6.45, 7) is 2.31. The Bertz CT molecular complexity index is 660. The lowest BCUT2D eigenvalue weighted by atomic mass is 9.94. The molecular weight excluding hydrogens is 254 g/mol. The molecule has 0 radical (unpaired) electrons. The van der Waals surface area contributed by atoms with Gasteiger partial charge in [0.15, 0.2) is 0 Å². The lowest BCUT2D eigenvalue weighted by molar-refractivity contribution is -0.144. The second-order valence-corrected chi connectivity index (χ2v) is 5.58. The molecule has 1 aromatic carbocycles. The van der Waals surface area contributed by atoms with Crippen LogP contribution in [0.5, 0.6) is 0 Å². The van der Waals surface area contributed by atoms with Crippen molar-refractivity contribution in [2.24, 2.45) is 11.7 Å². The molecule has 1 aliphatic carbocycles. The van der Waals surface area contributed by atoms with Crippen molar-refractivity contribution in [3.63, 3.8) is 0 Å². The Balaban J connectivity index is 2.07. The smallest absolute Gasteiger partial charge is 0.325 e. The number of aliphatic carboxylic acids is 1. The van der Waals surface area contributed by atoms with Crippen molar-refractivity contribution in [1.82, 2.24) is 9.55 Å². The van der Waals surface area contributed by atoms with Gasteiger partial charge in [0.2, 0.25) is 0 Å². The van der Waals surface area contributed by atoms with Gasteiger partial charge in [-0.15, -0.1) is 0 Å². The Morgan fingerprint density at radius 1 is 1.50 bits per heavy atom. The van der Waals surface area contributed by atoms with E-state index in [2.05, 4.69) is 4.98 Å². The maximum atomic E-state index is 11.6. The van der Waals surface area contributed by atoms with Crippen molar-refractivity contribution in [2.45, 2.75) is 38.3 Å².